The number of aromatic nitrogens is 1. The lowest BCUT2D eigenvalue weighted by Gasteiger charge is -2.17. The second-order valence-electron chi connectivity index (χ2n) is 5.84. The molecule has 2 rings (SSSR count). The molecule has 0 aliphatic heterocycles. The van der Waals surface area contributed by atoms with Gasteiger partial charge in [-0.25, -0.2) is 9.37 Å². The fourth-order valence-corrected chi connectivity index (χ4v) is 3.72. The highest BCUT2D eigenvalue weighted by molar-refractivity contribution is 7.86. The van der Waals surface area contributed by atoms with Crippen molar-refractivity contribution in [2.24, 2.45) is 0 Å². The van der Waals surface area contributed by atoms with Crippen LogP contribution >= 0.6 is 23.2 Å². The quantitative estimate of drug-likeness (QED) is 0.428. The summed E-state index contributed by atoms with van der Waals surface area (Å²) in [6, 6.07) is 6.81. The van der Waals surface area contributed by atoms with Crippen molar-refractivity contribution in [1.29, 1.82) is 0 Å². The van der Waals surface area contributed by atoms with E-state index in [0.29, 0.717) is 16.8 Å². The van der Waals surface area contributed by atoms with Gasteiger partial charge >= 0.3 is 0 Å². The van der Waals surface area contributed by atoms with Crippen LogP contribution in [0.15, 0.2) is 30.3 Å². The number of halogens is 3. The summed E-state index contributed by atoms with van der Waals surface area (Å²) in [5, 5.41) is -0.0922. The molecule has 0 aliphatic rings. The summed E-state index contributed by atoms with van der Waals surface area (Å²) >= 11 is 11.8. The van der Waals surface area contributed by atoms with Gasteiger partial charge in [-0.15, -0.1) is 0 Å². The molecular weight excluding hydrogens is 456 g/mol. The Morgan fingerprint density at radius 2 is 1.75 bits per heavy atom. The Morgan fingerprint density at radius 1 is 1.07 bits per heavy atom. The Kier molecular flexibility index (Phi) is 7.40. The lowest BCUT2D eigenvalue weighted by molar-refractivity contribution is 0.174. The smallest absolute Gasteiger partial charge is 0.264 e. The van der Waals surface area contributed by atoms with E-state index in [4.69, 9.17) is 27.4 Å². The van der Waals surface area contributed by atoms with Gasteiger partial charge in [0.25, 0.3) is 20.2 Å². The van der Waals surface area contributed by atoms with Gasteiger partial charge in [-0.05, 0) is 35.9 Å². The number of benzene rings is 1. The van der Waals surface area contributed by atoms with Crippen molar-refractivity contribution in [2.45, 2.75) is 12.5 Å². The molecule has 1 unspecified atom stereocenters. The lowest BCUT2D eigenvalue weighted by Crippen LogP contribution is -2.14. The molecule has 1 aromatic carbocycles. The van der Waals surface area contributed by atoms with Crippen molar-refractivity contribution in [3.8, 4) is 11.3 Å². The Hall–Kier alpha value is -1.30. The van der Waals surface area contributed by atoms with E-state index in [1.807, 2.05) is 0 Å². The molecule has 0 aliphatic carbocycles. The van der Waals surface area contributed by atoms with Gasteiger partial charge in [-0.3, -0.25) is 8.37 Å². The minimum atomic E-state index is -3.88. The maximum absolute atomic E-state index is 13.4. The molecule has 2 aromatic rings. The molecule has 28 heavy (non-hydrogen) atoms. The largest absolute Gasteiger partial charge is 0.270 e. The standard InChI is InChI=1S/C16H16Cl2FNO6S2/c1-27(21,22)25-6-5-15(26-28(2,23)24)11-8-14(20-16(18)9-11)10-3-4-13(19)12(17)7-10/h3-4,7-9,15H,5-6H2,1-2H3. The van der Waals surface area contributed by atoms with Crippen molar-refractivity contribution in [3.63, 3.8) is 0 Å². The average molecular weight is 472 g/mol. The van der Waals surface area contributed by atoms with Crippen LogP contribution in [0, 0.1) is 5.82 Å². The van der Waals surface area contributed by atoms with Crippen molar-refractivity contribution in [3.05, 3.63) is 51.9 Å². The van der Waals surface area contributed by atoms with Gasteiger partial charge in [0.15, 0.2) is 0 Å². The van der Waals surface area contributed by atoms with Crippen LogP contribution in [0.5, 0.6) is 0 Å². The second-order valence-corrected chi connectivity index (χ2v) is 9.88. The molecule has 7 nitrogen and oxygen atoms in total. The van der Waals surface area contributed by atoms with Gasteiger partial charge in [-0.2, -0.15) is 16.8 Å². The average Bonchev–Trinajstić information content (AvgIpc) is 2.53. The first kappa shape index (κ1) is 23.0. The molecule has 154 valence electrons. The Morgan fingerprint density at radius 3 is 2.32 bits per heavy atom. The first-order chi connectivity index (χ1) is 12.8. The summed E-state index contributed by atoms with van der Waals surface area (Å²) in [5.41, 5.74) is 1.06. The van der Waals surface area contributed by atoms with Crippen LogP contribution in [0.25, 0.3) is 11.3 Å². The first-order valence-electron chi connectivity index (χ1n) is 7.69. The number of pyridine rings is 1. The fourth-order valence-electron chi connectivity index (χ4n) is 2.29. The summed E-state index contributed by atoms with van der Waals surface area (Å²) < 4.78 is 68.6. The number of hydrogen-bond acceptors (Lipinski definition) is 7. The molecule has 0 spiro atoms. The van der Waals surface area contributed by atoms with Gasteiger partial charge in [0.05, 0.1) is 29.8 Å². The molecule has 0 saturated carbocycles. The van der Waals surface area contributed by atoms with E-state index in [-0.39, 0.29) is 23.2 Å². The molecule has 0 fully saturated rings. The van der Waals surface area contributed by atoms with Crippen molar-refractivity contribution in [1.82, 2.24) is 4.98 Å². The van der Waals surface area contributed by atoms with Crippen LogP contribution in [0.4, 0.5) is 4.39 Å². The van der Waals surface area contributed by atoms with E-state index in [9.17, 15) is 21.2 Å². The highest BCUT2D eigenvalue weighted by atomic mass is 35.5. The number of nitrogens with zero attached hydrogens (tertiary/aromatic N) is 1. The molecule has 12 heteroatoms. The van der Waals surface area contributed by atoms with E-state index in [2.05, 4.69) is 9.17 Å². The normalized spacial score (nSPS) is 13.5. The maximum Gasteiger partial charge on any atom is 0.264 e. The molecule has 0 N–H and O–H groups in total. The fraction of sp³-hybridized carbons (Fsp3) is 0.312. The van der Waals surface area contributed by atoms with E-state index in [0.717, 1.165) is 18.6 Å². The Bertz CT molecular complexity index is 1080. The van der Waals surface area contributed by atoms with Gasteiger partial charge < -0.3 is 0 Å². The van der Waals surface area contributed by atoms with Gasteiger partial charge in [-0.1, -0.05) is 23.2 Å². The Balaban J connectivity index is 2.41. The minimum Gasteiger partial charge on any atom is -0.270 e. The monoisotopic (exact) mass is 471 g/mol. The van der Waals surface area contributed by atoms with E-state index < -0.39 is 32.2 Å². The van der Waals surface area contributed by atoms with Crippen molar-refractivity contribution < 1.29 is 29.6 Å². The second kappa shape index (κ2) is 9.02. The Labute approximate surface area is 172 Å². The topological polar surface area (TPSA) is 99.6 Å². The molecule has 0 saturated heterocycles. The van der Waals surface area contributed by atoms with Crippen LogP contribution < -0.4 is 0 Å². The zero-order chi connectivity index (χ0) is 21.1. The molecule has 1 aromatic heterocycles. The van der Waals surface area contributed by atoms with Crippen LogP contribution in [-0.2, 0) is 28.6 Å². The zero-order valence-corrected chi connectivity index (χ0v) is 17.9. The third-order valence-electron chi connectivity index (χ3n) is 3.37. The van der Waals surface area contributed by atoms with E-state index in [1.54, 1.807) is 0 Å². The van der Waals surface area contributed by atoms with Crippen LogP contribution in [0.3, 0.4) is 0 Å². The van der Waals surface area contributed by atoms with Crippen molar-refractivity contribution in [2.75, 3.05) is 19.1 Å². The molecule has 0 bridgehead atoms. The number of hydrogen-bond donors (Lipinski definition) is 0. The molecule has 1 atom stereocenters. The third-order valence-corrected chi connectivity index (χ3v) is 5.03. The van der Waals surface area contributed by atoms with Crippen LogP contribution in [0.1, 0.15) is 18.1 Å². The highest BCUT2D eigenvalue weighted by Gasteiger charge is 2.21. The molecule has 1 heterocycles. The zero-order valence-electron chi connectivity index (χ0n) is 14.7. The SMILES string of the molecule is CS(=O)(=O)OCCC(OS(C)(=O)=O)c1cc(Cl)nc(-c2ccc(F)c(Cl)c2)c1. The van der Waals surface area contributed by atoms with E-state index in [1.165, 1.54) is 24.3 Å². The summed E-state index contributed by atoms with van der Waals surface area (Å²) in [7, 11) is -7.59. The summed E-state index contributed by atoms with van der Waals surface area (Å²) in [4.78, 5) is 4.13. The first-order valence-corrected chi connectivity index (χ1v) is 12.1. The lowest BCUT2D eigenvalue weighted by atomic mass is 10.0. The number of rotatable bonds is 8. The predicted octanol–water partition coefficient (Wildman–Crippen LogP) is 3.58. The van der Waals surface area contributed by atoms with Crippen LogP contribution in [0.2, 0.25) is 10.2 Å². The molecule has 0 amide bonds. The van der Waals surface area contributed by atoms with Gasteiger partial charge in [0.2, 0.25) is 0 Å². The van der Waals surface area contributed by atoms with Gasteiger partial charge in [0.1, 0.15) is 17.1 Å². The minimum absolute atomic E-state index is 0.0269. The van der Waals surface area contributed by atoms with E-state index >= 15 is 0 Å². The van der Waals surface area contributed by atoms with Crippen molar-refractivity contribution >= 4 is 43.4 Å². The predicted molar refractivity (Wildman–Crippen MR) is 104 cm³/mol. The molecular formula is C16H16Cl2FNO6S2. The maximum atomic E-state index is 13.4. The van der Waals surface area contributed by atoms with Gasteiger partial charge in [0, 0.05) is 12.0 Å². The summed E-state index contributed by atoms with van der Waals surface area (Å²) in [6.45, 7) is -0.309. The van der Waals surface area contributed by atoms with Crippen LogP contribution in [-0.4, -0.2) is 40.9 Å². The summed E-state index contributed by atoms with van der Waals surface area (Å²) in [5.74, 6) is -0.608. The highest BCUT2D eigenvalue weighted by Crippen LogP contribution is 2.31. The third kappa shape index (κ3) is 7.26. The molecule has 0 radical (unpaired) electrons. The summed E-state index contributed by atoms with van der Waals surface area (Å²) in [6.07, 6.45) is 0.566.